The number of nitrogens with zero attached hydrogens (tertiary/aromatic N) is 4. The van der Waals surface area contributed by atoms with E-state index in [1.54, 1.807) is 97.1 Å². The zero-order chi connectivity index (χ0) is 32.6. The van der Waals surface area contributed by atoms with E-state index in [4.69, 9.17) is 0 Å². The van der Waals surface area contributed by atoms with Crippen molar-refractivity contribution in [3.05, 3.63) is 122 Å². The third kappa shape index (κ3) is 8.29. The first-order chi connectivity index (χ1) is 21.3. The van der Waals surface area contributed by atoms with Gasteiger partial charge in [-0.3, -0.25) is 19.3 Å². The summed E-state index contributed by atoms with van der Waals surface area (Å²) >= 11 is 13.2. The van der Waals surface area contributed by atoms with Gasteiger partial charge in [0.2, 0.25) is 5.72 Å². The van der Waals surface area contributed by atoms with Gasteiger partial charge in [0.25, 0.3) is 5.91 Å². The summed E-state index contributed by atoms with van der Waals surface area (Å²) in [7, 11) is 0. The van der Waals surface area contributed by atoms with Crippen LogP contribution in [0.25, 0.3) is 0 Å². The third-order valence-corrected chi connectivity index (χ3v) is 8.85. The molecule has 1 N–H and O–H groups in total. The largest absolute Gasteiger partial charge is 2.00 e. The number of anilines is 4. The molecule has 6 rings (SSSR count). The van der Waals surface area contributed by atoms with Crippen molar-refractivity contribution in [2.24, 2.45) is 0 Å². The van der Waals surface area contributed by atoms with Crippen molar-refractivity contribution in [3.63, 3.8) is 0 Å². The van der Waals surface area contributed by atoms with Gasteiger partial charge in [0.05, 0.1) is 17.1 Å². The minimum Gasteiger partial charge on any atom is -1.00 e. The van der Waals surface area contributed by atoms with Crippen LogP contribution in [0.3, 0.4) is 0 Å². The topological polar surface area (TPSA) is 119 Å². The van der Waals surface area contributed by atoms with Crippen LogP contribution in [-0.4, -0.2) is 63.7 Å². The van der Waals surface area contributed by atoms with Gasteiger partial charge in [-0.1, -0.05) is 63.7 Å². The van der Waals surface area contributed by atoms with E-state index in [1.165, 1.54) is 6.92 Å². The van der Waals surface area contributed by atoms with Crippen molar-refractivity contribution in [2.75, 3.05) is 19.6 Å². The summed E-state index contributed by atoms with van der Waals surface area (Å²) in [5, 5.41) is 10.6. The molecule has 0 aliphatic carbocycles. The quantitative estimate of drug-likeness (QED) is 0.138. The van der Waals surface area contributed by atoms with Gasteiger partial charge in [-0.15, -0.1) is 0 Å². The van der Waals surface area contributed by atoms with Gasteiger partial charge in [-0.2, -0.15) is 0 Å². The summed E-state index contributed by atoms with van der Waals surface area (Å²) in [5.74, 6) is -2.42. The standard InChI is InChI=1S/C16H12Br2N2O3.C15H8Br2N2O3.CH3.BrH.Mg/c1-16(23)14(21)19(12-6-2-10(17)3-7-12)15(22)20(16)13-8-4-11(18)5-9-13;16-9-1-5-11(6-2-9)18-13(20)14(21)19(15(18)22)12-7-3-10(17)4-8-12;;;/h2-9,23H,1H3;1-8H;1H3;1H;/q;;-1;;+2/p-1. The first-order valence-electron chi connectivity index (χ1n) is 13.0. The number of aliphatic hydroxyl groups is 1. The molecule has 0 bridgehead atoms. The van der Waals surface area contributed by atoms with Gasteiger partial charge in [0, 0.05) is 23.6 Å². The molecule has 7 amide bonds. The van der Waals surface area contributed by atoms with Crippen LogP contribution in [0.5, 0.6) is 0 Å². The summed E-state index contributed by atoms with van der Waals surface area (Å²) < 4.78 is 3.29. The van der Waals surface area contributed by atoms with Crippen LogP contribution in [0.4, 0.5) is 32.3 Å². The Labute approximate surface area is 336 Å². The van der Waals surface area contributed by atoms with Crippen LogP contribution in [0.15, 0.2) is 115 Å². The number of urea groups is 2. The molecule has 2 fully saturated rings. The van der Waals surface area contributed by atoms with Crippen molar-refractivity contribution < 1.29 is 46.1 Å². The molecule has 0 aromatic heterocycles. The molecule has 1 unspecified atom stereocenters. The predicted molar refractivity (Wildman–Crippen MR) is 195 cm³/mol. The van der Waals surface area contributed by atoms with Gasteiger partial charge < -0.3 is 29.5 Å². The predicted octanol–water partition coefficient (Wildman–Crippen LogP) is 4.68. The summed E-state index contributed by atoms with van der Waals surface area (Å²) in [6.07, 6.45) is 0. The number of hydrogen-bond donors (Lipinski definition) is 1. The zero-order valence-corrected chi connectivity index (χ0v) is 34.5. The SMILES string of the molecule is CC1(O)C(=O)N(c2ccc(Br)cc2)C(=O)N1c1ccc(Br)cc1.O=C1C(=O)N(c2ccc(Br)cc2)C(=O)N1c1ccc(Br)cc1.[Br-].[CH3-].[Mg+2]. The molecule has 48 heavy (non-hydrogen) atoms. The smallest absolute Gasteiger partial charge is 1.00 e. The van der Waals surface area contributed by atoms with E-state index in [1.807, 2.05) is 0 Å². The number of rotatable bonds is 4. The molecule has 1 atom stereocenters. The van der Waals surface area contributed by atoms with E-state index in [0.717, 1.165) is 37.5 Å². The van der Waals surface area contributed by atoms with Crippen molar-refractivity contribution in [1.29, 1.82) is 0 Å². The Morgan fingerprint density at radius 3 is 1.08 bits per heavy atom. The van der Waals surface area contributed by atoms with Crippen LogP contribution in [0.2, 0.25) is 0 Å². The number of carbonyl (C=O) groups is 5. The minimum atomic E-state index is -1.95. The Morgan fingerprint density at radius 2 is 0.771 bits per heavy atom. The molecular weight excluding hydrogens is 960 g/mol. The Balaban J connectivity index is 0.000000314. The Kier molecular flexibility index (Phi) is 14.8. The van der Waals surface area contributed by atoms with Gasteiger partial charge in [0.15, 0.2) is 0 Å². The van der Waals surface area contributed by atoms with E-state index in [-0.39, 0.29) is 47.5 Å². The molecule has 4 aromatic rings. The van der Waals surface area contributed by atoms with Crippen LogP contribution >= 0.6 is 63.7 Å². The average Bonchev–Trinajstić information content (AvgIpc) is 3.34. The molecule has 10 nitrogen and oxygen atoms in total. The fourth-order valence-corrected chi connectivity index (χ4v) is 5.61. The fourth-order valence-electron chi connectivity index (χ4n) is 4.55. The minimum absolute atomic E-state index is 0. The molecule has 2 saturated heterocycles. The molecule has 2 heterocycles. The van der Waals surface area contributed by atoms with Gasteiger partial charge in [0.1, 0.15) is 0 Å². The molecule has 0 radical (unpaired) electrons. The molecule has 16 heteroatoms. The van der Waals surface area contributed by atoms with Crippen LogP contribution in [-0.2, 0) is 14.4 Å². The monoisotopic (exact) mass is 978 g/mol. The van der Waals surface area contributed by atoms with Crippen LogP contribution in [0.1, 0.15) is 6.92 Å². The molecule has 4 aromatic carbocycles. The van der Waals surface area contributed by atoms with Crippen molar-refractivity contribution in [1.82, 2.24) is 0 Å². The maximum atomic E-state index is 12.7. The van der Waals surface area contributed by atoms with Crippen molar-refractivity contribution in [3.8, 4) is 0 Å². The number of amides is 7. The molecule has 2 aliphatic heterocycles. The second-order valence-electron chi connectivity index (χ2n) is 9.75. The Morgan fingerprint density at radius 1 is 0.500 bits per heavy atom. The summed E-state index contributed by atoms with van der Waals surface area (Å²) in [6.45, 7) is 1.31. The number of hydrogen-bond acceptors (Lipinski definition) is 6. The van der Waals surface area contributed by atoms with E-state index < -0.39 is 35.5 Å². The first kappa shape index (κ1) is 41.7. The van der Waals surface area contributed by atoms with E-state index >= 15 is 0 Å². The second kappa shape index (κ2) is 17.0. The molecule has 244 valence electrons. The van der Waals surface area contributed by atoms with Gasteiger partial charge >= 0.3 is 46.9 Å². The van der Waals surface area contributed by atoms with Crippen molar-refractivity contribution in [2.45, 2.75) is 12.6 Å². The summed E-state index contributed by atoms with van der Waals surface area (Å²) in [6, 6.07) is 25.4. The third-order valence-electron chi connectivity index (χ3n) is 6.74. The Hall–Kier alpha value is -2.44. The average molecular weight is 983 g/mol. The van der Waals surface area contributed by atoms with Crippen LogP contribution < -0.4 is 36.6 Å². The maximum absolute atomic E-state index is 12.7. The first-order valence-corrected chi connectivity index (χ1v) is 16.1. The zero-order valence-electron chi connectivity index (χ0n) is 25.1. The Bertz CT molecular complexity index is 1760. The van der Waals surface area contributed by atoms with Crippen molar-refractivity contribution >= 4 is 139 Å². The number of carbonyl (C=O) groups excluding carboxylic acids is 5. The molecule has 2 aliphatic rings. The van der Waals surface area contributed by atoms with E-state index in [0.29, 0.717) is 22.7 Å². The number of halogens is 5. The molecule has 0 saturated carbocycles. The maximum Gasteiger partial charge on any atom is 2.00 e. The van der Waals surface area contributed by atoms with Gasteiger partial charge in [-0.05, 0) is 104 Å². The summed E-state index contributed by atoms with van der Waals surface area (Å²) in [4.78, 5) is 65.9. The molecular formula is C32H23Br5MgN4O6. The number of benzene rings is 4. The summed E-state index contributed by atoms with van der Waals surface area (Å²) in [5.41, 5.74) is -0.394. The van der Waals surface area contributed by atoms with Gasteiger partial charge in [-0.25, -0.2) is 24.3 Å². The number of imide groups is 3. The van der Waals surface area contributed by atoms with E-state index in [9.17, 15) is 29.1 Å². The van der Waals surface area contributed by atoms with Crippen LogP contribution in [0, 0.1) is 7.43 Å². The normalized spacial score (nSPS) is 17.0. The molecule has 0 spiro atoms. The fraction of sp³-hybridized carbons (Fsp3) is 0.0625. The second-order valence-corrected chi connectivity index (χ2v) is 13.4. The van der Waals surface area contributed by atoms with E-state index in [2.05, 4.69) is 63.7 Å².